The van der Waals surface area contributed by atoms with Gasteiger partial charge in [0.15, 0.2) is 0 Å². The van der Waals surface area contributed by atoms with Gasteiger partial charge in [-0.3, -0.25) is 0 Å². The first kappa shape index (κ1) is 38.9. The minimum atomic E-state index is -2.41. The van der Waals surface area contributed by atoms with Gasteiger partial charge in [-0.15, -0.1) is 11.6 Å². The molecule has 0 radical (unpaired) electrons. The molecule has 0 aliphatic heterocycles. The van der Waals surface area contributed by atoms with E-state index in [2.05, 4.69) is 211 Å². The van der Waals surface area contributed by atoms with Crippen molar-refractivity contribution in [1.29, 1.82) is 0 Å². The van der Waals surface area contributed by atoms with Gasteiger partial charge in [-0.2, -0.15) is 54.8 Å². The minimum absolute atomic E-state index is 0. The molecule has 2 aromatic heterocycles. The second-order valence-corrected chi connectivity index (χ2v) is 19.3. The Labute approximate surface area is 375 Å². The molecule has 0 saturated heterocycles. The van der Waals surface area contributed by atoms with Gasteiger partial charge in [0.05, 0.1) is 0 Å². The van der Waals surface area contributed by atoms with Crippen LogP contribution in [0.2, 0.25) is 0 Å². The molecule has 0 spiro atoms. The van der Waals surface area contributed by atoms with Crippen molar-refractivity contribution in [3.8, 4) is 22.5 Å². The van der Waals surface area contributed by atoms with Crippen molar-refractivity contribution in [2.24, 2.45) is 0 Å². The normalized spacial score (nSPS) is 12.5. The smallest absolute Gasteiger partial charge is 0.351 e. The number of fused-ring (bicyclic) bond motifs is 6. The van der Waals surface area contributed by atoms with E-state index in [4.69, 9.17) is 4.51 Å². The van der Waals surface area contributed by atoms with Crippen LogP contribution in [0.4, 0.5) is 0 Å². The van der Waals surface area contributed by atoms with Crippen molar-refractivity contribution < 1.29 is 31.1 Å². The van der Waals surface area contributed by atoms with Crippen LogP contribution in [0.1, 0.15) is 23.6 Å². The van der Waals surface area contributed by atoms with Gasteiger partial charge in [-0.05, 0) is 52.7 Å². The summed E-state index contributed by atoms with van der Waals surface area (Å²) in [6, 6.07) is 74.6. The van der Waals surface area contributed by atoms with Crippen LogP contribution >= 0.6 is 18.9 Å². The second-order valence-electron chi connectivity index (χ2n) is 14.5. The maximum absolute atomic E-state index is 5.11. The molecule has 59 heavy (non-hydrogen) atoms. The molecule has 2 heterocycles. The summed E-state index contributed by atoms with van der Waals surface area (Å²) in [5.74, 6) is 0. The van der Waals surface area contributed by atoms with Crippen LogP contribution in [-0.4, -0.2) is 17.2 Å². The van der Waals surface area contributed by atoms with Crippen molar-refractivity contribution in [1.82, 2.24) is 9.13 Å². The fourth-order valence-electron chi connectivity index (χ4n) is 8.29. The Morgan fingerprint density at radius 1 is 0.542 bits per heavy atom. The third kappa shape index (κ3) is 6.94. The van der Waals surface area contributed by atoms with E-state index < -0.39 is 18.9 Å². The zero-order valence-electron chi connectivity index (χ0n) is 32.7. The Morgan fingerprint density at radius 3 is 1.47 bits per heavy atom. The summed E-state index contributed by atoms with van der Waals surface area (Å²) < 4.78 is 12.5. The Kier molecular flexibility index (Phi) is 10.9. The minimum Gasteiger partial charge on any atom is -0.351 e. The summed E-state index contributed by atoms with van der Waals surface area (Å²) in [6.07, 6.45) is 2.28. The number of rotatable bonds is 8. The van der Waals surface area contributed by atoms with E-state index in [0.717, 1.165) is 61.3 Å². The van der Waals surface area contributed by atoms with E-state index >= 15 is 0 Å². The van der Waals surface area contributed by atoms with Crippen molar-refractivity contribution in [2.75, 3.05) is 0 Å². The molecule has 0 N–H and O–H groups in total. The van der Waals surface area contributed by atoms with Gasteiger partial charge in [-0.1, -0.05) is 167 Å². The quantitative estimate of drug-likeness (QED) is 0.0815. The first-order chi connectivity index (χ1) is 28.6. The van der Waals surface area contributed by atoms with Crippen molar-refractivity contribution in [2.45, 2.75) is 6.92 Å². The number of halogens is 1. The molecule has 0 amide bonds. The fourth-order valence-corrected chi connectivity index (χ4v) is 12.1. The van der Waals surface area contributed by atoms with Crippen molar-refractivity contribution >= 4 is 79.7 Å². The Balaban J connectivity index is 0.00000449. The molecule has 10 rings (SSSR count). The number of hydrogen-bond acceptors (Lipinski definition) is 0. The summed E-state index contributed by atoms with van der Waals surface area (Å²) >= 11 is -2.41. The number of hydrogen-bond donors (Lipinski definition) is 0. The van der Waals surface area contributed by atoms with Gasteiger partial charge < -0.3 is 9.13 Å². The molecule has 0 saturated carbocycles. The molecule has 4 heteroatoms. The number of aromatic nitrogens is 2. The monoisotopic (exact) mass is 1090 g/mol. The topological polar surface area (TPSA) is 9.86 Å². The van der Waals surface area contributed by atoms with Gasteiger partial charge in [0.2, 0.25) is 0 Å². The molecule has 0 unspecified atom stereocenters. The summed E-state index contributed by atoms with van der Waals surface area (Å²) in [7, 11) is 0. The third-order valence-electron chi connectivity index (χ3n) is 11.1. The first-order valence-corrected chi connectivity index (χ1v) is 23.1. The molecule has 0 atom stereocenters. The number of allylic oxidation sites excluding steroid dienone is 2. The molecule has 0 aliphatic carbocycles. The van der Waals surface area contributed by atoms with E-state index in [0.29, 0.717) is 0 Å². The molecule has 0 bridgehead atoms. The van der Waals surface area contributed by atoms with Crippen LogP contribution in [0, 0.1) is 43.2 Å². The number of para-hydroxylation sites is 4. The summed E-state index contributed by atoms with van der Waals surface area (Å²) in [6.45, 7) is 6.86. The fraction of sp³-hybridized carbons (Fsp3) is 0.0182. The van der Waals surface area contributed by atoms with Crippen LogP contribution in [0.5, 0.6) is 0 Å². The molecule has 10 aromatic rings. The molecular weight excluding hydrogens is 1050 g/mol. The van der Waals surface area contributed by atoms with Crippen LogP contribution < -0.4 is 0 Å². The Morgan fingerprint density at radius 2 is 0.983 bits per heavy atom. The molecule has 0 fully saturated rings. The molecule has 280 valence electrons. The van der Waals surface area contributed by atoms with E-state index in [-0.39, 0.29) is 31.1 Å². The molecule has 0 aliphatic rings. The number of benzene rings is 8. The molecule has 2 nitrogen and oxygen atoms in total. The standard InChI is InChI=1S/C55H39IN2.U/c1-38(40-21-7-4-8-22-40)35-49(42-25-11-6-12-26-42)56(3)39(2)47-36-48(41-23-9-5-10-24-41)55(58-52-33-19-15-29-45(52)46-30-16-20-34-53(46)58)37-54(47)57-50-31-17-13-27-43(50)44-28-14-18-32-51(44)57;/h4-23,25-35,37H,1,3H2,2H3;/q-2;+2/b49-35-;. The maximum atomic E-state index is 5.11. The van der Waals surface area contributed by atoms with E-state index in [1.165, 1.54) is 34.2 Å². The molecule has 8 aromatic carbocycles. The maximum Gasteiger partial charge on any atom is 2.00 e. The Bertz CT molecular complexity index is 3200. The number of nitrogens with zero attached hydrogens (tertiary/aromatic N) is 2. The van der Waals surface area contributed by atoms with Crippen molar-refractivity contribution in [3.05, 3.63) is 230 Å². The van der Waals surface area contributed by atoms with Crippen LogP contribution in [-0.2, 0) is 0 Å². The van der Waals surface area contributed by atoms with Gasteiger partial charge in [0.25, 0.3) is 0 Å². The zero-order chi connectivity index (χ0) is 39.2. The van der Waals surface area contributed by atoms with E-state index in [1.807, 2.05) is 18.2 Å². The summed E-state index contributed by atoms with van der Waals surface area (Å²) in [4.78, 5) is 0. The first-order valence-electron chi connectivity index (χ1n) is 19.5. The van der Waals surface area contributed by atoms with Crippen molar-refractivity contribution in [3.63, 3.8) is 0 Å². The zero-order valence-corrected chi connectivity index (χ0v) is 39.0. The average Bonchev–Trinajstić information content (AvgIpc) is 3.81. The predicted octanol–water partition coefficient (Wildman–Crippen LogP) is 14.4. The van der Waals surface area contributed by atoms with Gasteiger partial charge in [0.1, 0.15) is 0 Å². The third-order valence-corrected chi connectivity index (χ3v) is 15.9. The van der Waals surface area contributed by atoms with Gasteiger partial charge in [-0.25, -0.2) is 5.56 Å². The van der Waals surface area contributed by atoms with Gasteiger partial charge >= 0.3 is 31.1 Å². The summed E-state index contributed by atoms with van der Waals surface area (Å²) in [5, 5.41) is 4.87. The second kappa shape index (κ2) is 16.5. The Hall–Kier alpha value is -5.64. The summed E-state index contributed by atoms with van der Waals surface area (Å²) in [5.41, 5.74) is 13.0. The van der Waals surface area contributed by atoms with Crippen LogP contribution in [0.15, 0.2) is 201 Å². The largest absolute Gasteiger partial charge is 2.00 e. The van der Waals surface area contributed by atoms with E-state index in [1.54, 1.807) is 0 Å². The predicted molar refractivity (Wildman–Crippen MR) is 259 cm³/mol. The van der Waals surface area contributed by atoms with E-state index in [9.17, 15) is 0 Å². The molecular formula is C55H39IN2U. The van der Waals surface area contributed by atoms with Gasteiger partial charge in [0, 0.05) is 47.2 Å². The SMILES string of the molecule is C=C(/C=C(/c1ccccc1)I(=C)=C(C)c1[c-]c(-c2[c-]cccc2)c(-n2c3ccccc3c3ccccc32)cc1-n1c2ccccc2c2ccccc21)c1ccccc1.[U+2]. The van der Waals surface area contributed by atoms with Crippen LogP contribution in [0.25, 0.3) is 75.3 Å². The van der Waals surface area contributed by atoms with Crippen LogP contribution in [0.3, 0.4) is 0 Å². The average molecular weight is 1090 g/mol.